The van der Waals surface area contributed by atoms with Crippen LogP contribution >= 0.6 is 35.3 Å². The molecular formula is C18H27IN6S. The molecule has 1 aliphatic rings. The van der Waals surface area contributed by atoms with Gasteiger partial charge >= 0.3 is 0 Å². The van der Waals surface area contributed by atoms with Crippen molar-refractivity contribution in [1.82, 2.24) is 20.2 Å². The second kappa shape index (κ2) is 10.7. The van der Waals surface area contributed by atoms with Crippen molar-refractivity contribution in [3.63, 3.8) is 0 Å². The van der Waals surface area contributed by atoms with Gasteiger partial charge in [-0.3, -0.25) is 4.99 Å². The first-order chi connectivity index (χ1) is 12.3. The monoisotopic (exact) mass is 486 g/mol. The van der Waals surface area contributed by atoms with Crippen LogP contribution in [0.2, 0.25) is 0 Å². The number of thiophene rings is 1. The minimum absolute atomic E-state index is 0. The Balaban J connectivity index is 0.00000243. The van der Waals surface area contributed by atoms with Crippen LogP contribution in [0.3, 0.4) is 0 Å². The highest BCUT2D eigenvalue weighted by molar-refractivity contribution is 14.0. The number of piperazine rings is 1. The summed E-state index contributed by atoms with van der Waals surface area (Å²) in [6.45, 7) is 6.90. The van der Waals surface area contributed by atoms with Crippen LogP contribution in [0.25, 0.3) is 0 Å². The van der Waals surface area contributed by atoms with Crippen molar-refractivity contribution < 1.29 is 0 Å². The highest BCUT2D eigenvalue weighted by atomic mass is 127. The number of aliphatic imine (C=N–C) groups is 1. The molecule has 0 spiro atoms. The summed E-state index contributed by atoms with van der Waals surface area (Å²) >= 11 is 1.83. The van der Waals surface area contributed by atoms with Crippen LogP contribution in [-0.2, 0) is 6.42 Å². The van der Waals surface area contributed by atoms with E-state index < -0.39 is 0 Å². The maximum atomic E-state index is 4.46. The first kappa shape index (κ1) is 20.9. The molecular weight excluding hydrogens is 459 g/mol. The van der Waals surface area contributed by atoms with Gasteiger partial charge in [0.2, 0.25) is 5.95 Å². The summed E-state index contributed by atoms with van der Waals surface area (Å²) in [5.41, 5.74) is 0. The van der Waals surface area contributed by atoms with Gasteiger partial charge in [-0.25, -0.2) is 9.97 Å². The number of aromatic nitrogens is 2. The quantitative estimate of drug-likeness (QED) is 0.400. The minimum atomic E-state index is 0. The molecule has 3 rings (SSSR count). The molecule has 26 heavy (non-hydrogen) atoms. The van der Waals surface area contributed by atoms with Crippen molar-refractivity contribution in [1.29, 1.82) is 0 Å². The second-order valence-corrected chi connectivity index (χ2v) is 7.37. The van der Waals surface area contributed by atoms with Crippen molar-refractivity contribution in [3.8, 4) is 0 Å². The summed E-state index contributed by atoms with van der Waals surface area (Å²) < 4.78 is 0. The normalized spacial score (nSPS) is 16.2. The van der Waals surface area contributed by atoms with Crippen LogP contribution in [0.15, 0.2) is 41.0 Å². The maximum absolute atomic E-state index is 4.46. The summed E-state index contributed by atoms with van der Waals surface area (Å²) in [6.07, 6.45) is 4.70. The van der Waals surface area contributed by atoms with E-state index in [4.69, 9.17) is 0 Å². The Hall–Kier alpha value is -1.42. The van der Waals surface area contributed by atoms with E-state index in [1.807, 2.05) is 24.5 Å². The number of hydrogen-bond acceptors (Lipinski definition) is 5. The second-order valence-electron chi connectivity index (χ2n) is 6.34. The predicted octanol–water partition coefficient (Wildman–Crippen LogP) is 2.73. The van der Waals surface area contributed by atoms with Crippen LogP contribution in [-0.4, -0.2) is 60.6 Å². The van der Waals surface area contributed by atoms with Gasteiger partial charge in [0.05, 0.1) is 0 Å². The Morgan fingerprint density at radius 2 is 1.96 bits per heavy atom. The van der Waals surface area contributed by atoms with E-state index in [1.165, 1.54) is 4.88 Å². The van der Waals surface area contributed by atoms with E-state index in [1.54, 1.807) is 12.4 Å². The van der Waals surface area contributed by atoms with Crippen LogP contribution in [0.5, 0.6) is 0 Å². The number of rotatable bonds is 5. The first-order valence-corrected chi connectivity index (χ1v) is 9.64. The average Bonchev–Trinajstić information content (AvgIpc) is 3.16. The lowest BCUT2D eigenvalue weighted by molar-refractivity contribution is 0.366. The molecule has 142 valence electrons. The Morgan fingerprint density at radius 3 is 2.58 bits per heavy atom. The number of anilines is 1. The number of nitrogens with zero attached hydrogens (tertiary/aromatic N) is 5. The molecule has 1 fully saturated rings. The minimum Gasteiger partial charge on any atom is -0.356 e. The molecule has 6 nitrogen and oxygen atoms in total. The molecule has 3 heterocycles. The zero-order valence-corrected chi connectivity index (χ0v) is 18.5. The van der Waals surface area contributed by atoms with Gasteiger partial charge < -0.3 is 15.1 Å². The summed E-state index contributed by atoms with van der Waals surface area (Å²) in [6, 6.07) is 6.18. The fourth-order valence-electron chi connectivity index (χ4n) is 3.01. The van der Waals surface area contributed by atoms with Crippen molar-refractivity contribution in [2.24, 2.45) is 10.9 Å². The van der Waals surface area contributed by atoms with Crippen LogP contribution in [0.1, 0.15) is 11.8 Å². The smallest absolute Gasteiger partial charge is 0.225 e. The van der Waals surface area contributed by atoms with Gasteiger partial charge in [0.25, 0.3) is 0 Å². The Bertz CT molecular complexity index is 656. The molecule has 0 aliphatic carbocycles. The molecule has 2 aromatic rings. The van der Waals surface area contributed by atoms with Gasteiger partial charge in [-0.2, -0.15) is 0 Å². The lowest BCUT2D eigenvalue weighted by Crippen LogP contribution is -2.53. The third-order valence-electron chi connectivity index (χ3n) is 4.36. The van der Waals surface area contributed by atoms with Gasteiger partial charge in [-0.1, -0.05) is 13.0 Å². The zero-order chi connectivity index (χ0) is 17.5. The van der Waals surface area contributed by atoms with Crippen molar-refractivity contribution >= 4 is 47.2 Å². The third kappa shape index (κ3) is 5.80. The SMILES string of the molecule is CN=C(NCC(C)Cc1cccs1)N1CCN(c2ncccn2)CC1.I. The van der Waals surface area contributed by atoms with E-state index in [-0.39, 0.29) is 24.0 Å². The fraction of sp³-hybridized carbons (Fsp3) is 0.500. The lowest BCUT2D eigenvalue weighted by atomic mass is 10.1. The van der Waals surface area contributed by atoms with E-state index in [0.29, 0.717) is 5.92 Å². The number of hydrogen-bond donors (Lipinski definition) is 1. The summed E-state index contributed by atoms with van der Waals surface area (Å²) in [7, 11) is 1.86. The van der Waals surface area contributed by atoms with Crippen molar-refractivity contribution in [2.45, 2.75) is 13.3 Å². The lowest BCUT2D eigenvalue weighted by Gasteiger charge is -2.36. The topological polar surface area (TPSA) is 56.7 Å². The van der Waals surface area contributed by atoms with Crippen molar-refractivity contribution in [2.75, 3.05) is 44.7 Å². The van der Waals surface area contributed by atoms with Gasteiger partial charge in [-0.15, -0.1) is 35.3 Å². The number of nitrogens with one attached hydrogen (secondary N) is 1. The van der Waals surface area contributed by atoms with Crippen LogP contribution in [0.4, 0.5) is 5.95 Å². The van der Waals surface area contributed by atoms with E-state index in [2.05, 4.69) is 54.5 Å². The molecule has 1 N–H and O–H groups in total. The van der Waals surface area contributed by atoms with Crippen molar-refractivity contribution in [3.05, 3.63) is 40.8 Å². The molecule has 2 aromatic heterocycles. The Labute approximate surface area is 176 Å². The molecule has 0 radical (unpaired) electrons. The van der Waals surface area contributed by atoms with Gasteiger partial charge in [0.15, 0.2) is 5.96 Å². The fourth-order valence-corrected chi connectivity index (χ4v) is 3.88. The molecule has 8 heteroatoms. The van der Waals surface area contributed by atoms with Gasteiger partial charge in [0, 0.05) is 57.0 Å². The molecule has 1 unspecified atom stereocenters. The number of halogens is 1. The molecule has 1 saturated heterocycles. The first-order valence-electron chi connectivity index (χ1n) is 8.76. The summed E-state index contributed by atoms with van der Waals surface area (Å²) in [4.78, 5) is 19.1. The predicted molar refractivity (Wildman–Crippen MR) is 120 cm³/mol. The molecule has 1 aliphatic heterocycles. The highest BCUT2D eigenvalue weighted by Crippen LogP contribution is 2.14. The standard InChI is InChI=1S/C18H26N6S.HI/c1-15(13-16-5-3-12-25-16)14-22-17(19-2)23-8-10-24(11-9-23)18-20-6-4-7-21-18;/h3-7,12,15H,8-11,13-14H2,1-2H3,(H,19,22);1H. The average molecular weight is 486 g/mol. The Kier molecular flexibility index (Phi) is 8.56. The molecule has 0 saturated carbocycles. The molecule has 0 bridgehead atoms. The summed E-state index contributed by atoms with van der Waals surface area (Å²) in [5.74, 6) is 2.38. The van der Waals surface area contributed by atoms with Crippen LogP contribution < -0.4 is 10.2 Å². The zero-order valence-electron chi connectivity index (χ0n) is 15.3. The highest BCUT2D eigenvalue weighted by Gasteiger charge is 2.21. The van der Waals surface area contributed by atoms with Gasteiger partial charge in [0.1, 0.15) is 0 Å². The maximum Gasteiger partial charge on any atom is 0.225 e. The van der Waals surface area contributed by atoms with Gasteiger partial charge in [-0.05, 0) is 29.9 Å². The third-order valence-corrected chi connectivity index (χ3v) is 5.26. The van der Waals surface area contributed by atoms with E-state index in [9.17, 15) is 0 Å². The van der Waals surface area contributed by atoms with E-state index in [0.717, 1.165) is 51.1 Å². The Morgan fingerprint density at radius 1 is 1.23 bits per heavy atom. The molecule has 0 aromatic carbocycles. The number of guanidine groups is 1. The van der Waals surface area contributed by atoms with E-state index >= 15 is 0 Å². The molecule has 1 atom stereocenters. The molecule has 0 amide bonds. The summed E-state index contributed by atoms with van der Waals surface area (Å²) in [5, 5.41) is 5.68. The van der Waals surface area contributed by atoms with Crippen LogP contribution in [0, 0.1) is 5.92 Å². The largest absolute Gasteiger partial charge is 0.356 e.